The zero-order chi connectivity index (χ0) is 19.8. The van der Waals surface area contributed by atoms with E-state index in [1.165, 1.54) is 29.2 Å². The third-order valence-corrected chi connectivity index (χ3v) is 6.05. The highest BCUT2D eigenvalue weighted by atomic mass is 32.1. The van der Waals surface area contributed by atoms with Gasteiger partial charge in [0.2, 0.25) is 0 Å². The van der Waals surface area contributed by atoms with E-state index in [-0.39, 0.29) is 11.2 Å². The van der Waals surface area contributed by atoms with Crippen molar-refractivity contribution in [1.82, 2.24) is 9.97 Å². The summed E-state index contributed by atoms with van der Waals surface area (Å²) in [5.41, 5.74) is 3.92. The second kappa shape index (κ2) is 6.94. The molecule has 0 radical (unpaired) electrons. The molecule has 0 saturated carbocycles. The first-order valence-corrected chi connectivity index (χ1v) is 10.0. The lowest BCUT2D eigenvalue weighted by atomic mass is 9.89. The lowest BCUT2D eigenvalue weighted by Gasteiger charge is -2.15. The predicted octanol–water partition coefficient (Wildman–Crippen LogP) is 5.97. The number of aromatic nitrogens is 2. The van der Waals surface area contributed by atoms with E-state index in [4.69, 9.17) is 9.72 Å². The second-order valence-corrected chi connectivity index (χ2v) is 7.86. The minimum absolute atomic E-state index is 0.236. The summed E-state index contributed by atoms with van der Waals surface area (Å²) in [7, 11) is 1.56. The molecule has 0 saturated heterocycles. The van der Waals surface area contributed by atoms with Gasteiger partial charge in [0, 0.05) is 5.56 Å². The van der Waals surface area contributed by atoms with Crippen LogP contribution in [-0.2, 0) is 10.2 Å². The quantitative estimate of drug-likeness (QED) is 0.306. The molecule has 5 rings (SSSR count). The molecule has 2 heterocycles. The number of hydrogen-bond donors (Lipinski definition) is 0. The third-order valence-electron chi connectivity index (χ3n) is 5.05. The second-order valence-electron chi connectivity index (χ2n) is 6.89. The topological polar surface area (TPSA) is 35.0 Å². The van der Waals surface area contributed by atoms with Gasteiger partial charge >= 0.3 is 0 Å². The van der Waals surface area contributed by atoms with Crippen LogP contribution in [-0.4, -0.2) is 17.1 Å². The zero-order valence-electron chi connectivity index (χ0n) is 15.7. The maximum atomic E-state index is 14.7. The van der Waals surface area contributed by atoms with Crippen molar-refractivity contribution < 1.29 is 9.13 Å². The summed E-state index contributed by atoms with van der Waals surface area (Å²) in [6, 6.07) is 19.4. The number of methoxy groups -OCH3 is 1. The fraction of sp³-hybridized carbons (Fsp3) is 0.0833. The molecule has 29 heavy (non-hydrogen) atoms. The summed E-state index contributed by atoms with van der Waals surface area (Å²) in [4.78, 5) is 10.3. The molecule has 1 aliphatic carbocycles. The van der Waals surface area contributed by atoms with Crippen molar-refractivity contribution >= 4 is 27.8 Å². The smallest absolute Gasteiger partial charge is 0.144 e. The van der Waals surface area contributed by atoms with Crippen LogP contribution in [0.4, 0.5) is 4.39 Å². The van der Waals surface area contributed by atoms with Crippen molar-refractivity contribution in [2.24, 2.45) is 0 Å². The molecular formula is C24H17FN2OS. The number of ether oxygens (including phenoxy) is 1. The number of hydrogen-bond acceptors (Lipinski definition) is 4. The molecule has 4 aromatic rings. The highest BCUT2D eigenvalue weighted by Gasteiger charge is 2.39. The molecule has 0 bridgehead atoms. The summed E-state index contributed by atoms with van der Waals surface area (Å²) < 4.78 is 19.5. The molecule has 5 heteroatoms. The number of nitrogens with zero attached hydrogens (tertiary/aromatic N) is 2. The van der Waals surface area contributed by atoms with Gasteiger partial charge in [0.15, 0.2) is 0 Å². The van der Waals surface area contributed by atoms with Gasteiger partial charge in [0.1, 0.15) is 21.2 Å². The summed E-state index contributed by atoms with van der Waals surface area (Å²) in [5, 5.41) is 0.627. The maximum absolute atomic E-state index is 14.7. The number of allylic oxidation sites excluding steroid dienone is 2. The van der Waals surface area contributed by atoms with Gasteiger partial charge in [-0.25, -0.2) is 14.4 Å². The van der Waals surface area contributed by atoms with Crippen LogP contribution in [0.15, 0.2) is 79.1 Å². The van der Waals surface area contributed by atoms with Gasteiger partial charge in [-0.3, -0.25) is 0 Å². The molecule has 3 nitrogen and oxygen atoms in total. The van der Waals surface area contributed by atoms with Crippen LogP contribution in [0.3, 0.4) is 0 Å². The molecule has 0 spiro atoms. The Labute approximate surface area is 171 Å². The van der Waals surface area contributed by atoms with Crippen molar-refractivity contribution in [3.05, 3.63) is 102 Å². The summed E-state index contributed by atoms with van der Waals surface area (Å²) in [6.45, 7) is 0. The van der Waals surface area contributed by atoms with Crippen LogP contribution in [0.2, 0.25) is 0 Å². The van der Waals surface area contributed by atoms with Crippen LogP contribution < -0.4 is 0 Å². The van der Waals surface area contributed by atoms with Gasteiger partial charge in [0.25, 0.3) is 0 Å². The fourth-order valence-electron chi connectivity index (χ4n) is 3.43. The summed E-state index contributed by atoms with van der Waals surface area (Å²) in [5.74, 6) is -0.313. The van der Waals surface area contributed by atoms with E-state index in [1.807, 2.05) is 36.4 Å². The van der Waals surface area contributed by atoms with Crippen molar-refractivity contribution in [3.8, 4) is 10.6 Å². The fourth-order valence-corrected chi connectivity index (χ4v) is 4.39. The van der Waals surface area contributed by atoms with Crippen molar-refractivity contribution in [1.29, 1.82) is 0 Å². The average molecular weight is 400 g/mol. The standard InChI is InChI=1S/C24H17FN2OS/c1-28-14-11-16-7-8-18(19(25)15-16)22-26-20-9-10-21(27-23(20)29-22)24(12-13-24)17-5-3-2-4-6-17/h2-15H,1H3. The average Bonchev–Trinajstić information content (AvgIpc) is 3.46. The minimum atomic E-state index is -0.313. The van der Waals surface area contributed by atoms with Gasteiger partial charge in [-0.15, -0.1) is 0 Å². The molecule has 0 atom stereocenters. The Morgan fingerprint density at radius 3 is 2.55 bits per heavy atom. The van der Waals surface area contributed by atoms with E-state index in [9.17, 15) is 4.39 Å². The Bertz CT molecular complexity index is 1250. The first kappa shape index (κ1) is 17.8. The molecular weight excluding hydrogens is 383 g/mol. The maximum Gasteiger partial charge on any atom is 0.144 e. The van der Waals surface area contributed by atoms with Gasteiger partial charge in [-0.05, 0) is 41.5 Å². The monoisotopic (exact) mass is 400 g/mol. The normalized spacial score (nSPS) is 14.6. The number of halogens is 1. The Kier molecular flexibility index (Phi) is 4.25. The van der Waals surface area contributed by atoms with E-state index in [0.717, 1.165) is 21.6 Å². The molecule has 2 aromatic carbocycles. The molecule has 0 unspecified atom stereocenters. The summed E-state index contributed by atoms with van der Waals surface area (Å²) >= 11 is 1.41. The van der Waals surface area contributed by atoms with Gasteiger partial charge in [0.05, 0.1) is 24.5 Å². The van der Waals surface area contributed by atoms with Gasteiger partial charge in [-0.1, -0.05) is 59.9 Å². The number of rotatable bonds is 5. The lowest BCUT2D eigenvalue weighted by molar-refractivity contribution is 0.341. The number of thiazole rings is 1. The number of pyridine rings is 1. The minimum Gasteiger partial charge on any atom is -0.504 e. The van der Waals surface area contributed by atoms with Crippen molar-refractivity contribution in [3.63, 3.8) is 0 Å². The van der Waals surface area contributed by atoms with Crippen LogP contribution in [0, 0.1) is 5.82 Å². The van der Waals surface area contributed by atoms with Gasteiger partial charge < -0.3 is 4.74 Å². The largest absolute Gasteiger partial charge is 0.504 e. The predicted molar refractivity (Wildman–Crippen MR) is 115 cm³/mol. The van der Waals surface area contributed by atoms with Crippen LogP contribution in [0.25, 0.3) is 27.0 Å². The SMILES string of the molecule is COC=Cc1ccc(-c2nc3ccc(C4(c5ccccc5)C=C4)nc3s2)c(F)c1. The molecule has 0 fully saturated rings. The Morgan fingerprint density at radius 1 is 1.00 bits per heavy atom. The molecule has 2 aromatic heterocycles. The molecule has 142 valence electrons. The van der Waals surface area contributed by atoms with Crippen LogP contribution in [0.5, 0.6) is 0 Å². The Balaban J connectivity index is 1.52. The third kappa shape index (κ3) is 3.13. The van der Waals surface area contributed by atoms with Crippen LogP contribution >= 0.6 is 11.3 Å². The first-order valence-electron chi connectivity index (χ1n) is 9.23. The van der Waals surface area contributed by atoms with Gasteiger partial charge in [-0.2, -0.15) is 0 Å². The van der Waals surface area contributed by atoms with Crippen molar-refractivity contribution in [2.75, 3.05) is 7.11 Å². The van der Waals surface area contributed by atoms with E-state index in [2.05, 4.69) is 29.3 Å². The van der Waals surface area contributed by atoms with E-state index in [1.54, 1.807) is 19.3 Å². The lowest BCUT2D eigenvalue weighted by Crippen LogP contribution is -2.12. The summed E-state index contributed by atoms with van der Waals surface area (Å²) in [6.07, 6.45) is 7.55. The number of benzene rings is 2. The van der Waals surface area contributed by atoms with Crippen LogP contribution in [0.1, 0.15) is 16.8 Å². The first-order chi connectivity index (χ1) is 14.2. The van der Waals surface area contributed by atoms with E-state index in [0.29, 0.717) is 10.6 Å². The number of fused-ring (bicyclic) bond motifs is 1. The highest BCUT2D eigenvalue weighted by molar-refractivity contribution is 7.21. The van der Waals surface area contributed by atoms with E-state index >= 15 is 0 Å². The highest BCUT2D eigenvalue weighted by Crippen LogP contribution is 2.45. The molecule has 0 aliphatic heterocycles. The van der Waals surface area contributed by atoms with E-state index < -0.39 is 0 Å². The molecule has 0 N–H and O–H groups in total. The molecule has 1 aliphatic rings. The van der Waals surface area contributed by atoms with Crippen molar-refractivity contribution in [2.45, 2.75) is 5.41 Å². The Morgan fingerprint density at radius 2 is 1.83 bits per heavy atom. The zero-order valence-corrected chi connectivity index (χ0v) is 16.5. The Hall–Kier alpha value is -3.31. The molecule has 0 amide bonds.